The van der Waals surface area contributed by atoms with Gasteiger partial charge >= 0.3 is 0 Å². The van der Waals surface area contributed by atoms with Gasteiger partial charge in [-0.15, -0.1) is 0 Å². The van der Waals surface area contributed by atoms with Crippen molar-refractivity contribution in [2.24, 2.45) is 5.73 Å². The lowest BCUT2D eigenvalue weighted by Gasteiger charge is -2.15. The Morgan fingerprint density at radius 3 is 2.70 bits per heavy atom. The highest BCUT2D eigenvalue weighted by molar-refractivity contribution is 6.31. The Bertz CT molecular complexity index is 560. The van der Waals surface area contributed by atoms with Crippen molar-refractivity contribution in [1.82, 2.24) is 14.5 Å². The standard InChI is InChI=1S/C15H23ClN4/c1-3-11(4-2)14-19-13-9-12(16)10-18-15(13)20(14)8-6-5-7-17/h9-11H,3-8,17H2,1-2H3. The minimum absolute atomic E-state index is 0.473. The number of halogens is 1. The van der Waals surface area contributed by atoms with Crippen LogP contribution in [0.5, 0.6) is 0 Å². The van der Waals surface area contributed by atoms with Crippen molar-refractivity contribution >= 4 is 22.8 Å². The van der Waals surface area contributed by atoms with E-state index >= 15 is 0 Å². The van der Waals surface area contributed by atoms with E-state index in [0.717, 1.165) is 55.8 Å². The highest BCUT2D eigenvalue weighted by atomic mass is 35.5. The number of nitrogens with two attached hydrogens (primary N) is 1. The maximum absolute atomic E-state index is 6.03. The van der Waals surface area contributed by atoms with Crippen LogP contribution in [0.2, 0.25) is 5.02 Å². The molecule has 0 spiro atoms. The van der Waals surface area contributed by atoms with Crippen molar-refractivity contribution in [2.75, 3.05) is 6.54 Å². The highest BCUT2D eigenvalue weighted by Gasteiger charge is 2.18. The Labute approximate surface area is 125 Å². The first-order valence-electron chi connectivity index (χ1n) is 7.43. The first-order valence-corrected chi connectivity index (χ1v) is 7.80. The zero-order valence-corrected chi connectivity index (χ0v) is 13.0. The lowest BCUT2D eigenvalue weighted by Crippen LogP contribution is -2.10. The minimum atomic E-state index is 0.473. The normalized spacial score (nSPS) is 11.7. The van der Waals surface area contributed by atoms with Gasteiger partial charge < -0.3 is 10.3 Å². The second kappa shape index (κ2) is 7.04. The fourth-order valence-corrected chi connectivity index (χ4v) is 2.76. The second-order valence-electron chi connectivity index (χ2n) is 5.13. The summed E-state index contributed by atoms with van der Waals surface area (Å²) in [5.74, 6) is 1.61. The van der Waals surface area contributed by atoms with Crippen LogP contribution in [0.4, 0.5) is 0 Å². The predicted octanol–water partition coefficient (Wildman–Crippen LogP) is 3.73. The van der Waals surface area contributed by atoms with Gasteiger partial charge in [-0.3, -0.25) is 0 Å². The summed E-state index contributed by atoms with van der Waals surface area (Å²) in [5.41, 5.74) is 7.43. The molecule has 0 unspecified atom stereocenters. The maximum Gasteiger partial charge on any atom is 0.160 e. The second-order valence-corrected chi connectivity index (χ2v) is 5.56. The van der Waals surface area contributed by atoms with Crippen LogP contribution in [0.25, 0.3) is 11.2 Å². The number of aromatic nitrogens is 3. The van der Waals surface area contributed by atoms with Crippen LogP contribution in [-0.2, 0) is 6.54 Å². The molecule has 0 aliphatic carbocycles. The molecule has 0 atom stereocenters. The van der Waals surface area contributed by atoms with Crippen LogP contribution in [0, 0.1) is 0 Å². The summed E-state index contributed by atoms with van der Waals surface area (Å²) in [6.07, 6.45) is 5.95. The average Bonchev–Trinajstić information content (AvgIpc) is 2.78. The molecule has 0 bridgehead atoms. The number of aryl methyl sites for hydroxylation is 1. The third-order valence-electron chi connectivity index (χ3n) is 3.77. The molecular formula is C15H23ClN4. The Morgan fingerprint density at radius 2 is 2.05 bits per heavy atom. The molecule has 4 nitrogen and oxygen atoms in total. The topological polar surface area (TPSA) is 56.7 Å². The minimum Gasteiger partial charge on any atom is -0.330 e. The van der Waals surface area contributed by atoms with E-state index in [1.165, 1.54) is 0 Å². The first-order chi connectivity index (χ1) is 9.71. The van der Waals surface area contributed by atoms with Crippen LogP contribution < -0.4 is 5.73 Å². The van der Waals surface area contributed by atoms with Crippen LogP contribution in [0.15, 0.2) is 12.3 Å². The van der Waals surface area contributed by atoms with Crippen molar-refractivity contribution in [3.63, 3.8) is 0 Å². The predicted molar refractivity (Wildman–Crippen MR) is 84.1 cm³/mol. The largest absolute Gasteiger partial charge is 0.330 e. The summed E-state index contributed by atoms with van der Waals surface area (Å²) in [6, 6.07) is 1.90. The van der Waals surface area contributed by atoms with Crippen LogP contribution >= 0.6 is 11.6 Å². The van der Waals surface area contributed by atoms with Gasteiger partial charge in [0.15, 0.2) is 5.65 Å². The molecule has 20 heavy (non-hydrogen) atoms. The molecule has 0 saturated carbocycles. The van der Waals surface area contributed by atoms with Crippen molar-refractivity contribution < 1.29 is 0 Å². The number of pyridine rings is 1. The molecule has 0 aliphatic heterocycles. The van der Waals surface area contributed by atoms with Crippen LogP contribution in [0.3, 0.4) is 0 Å². The van der Waals surface area contributed by atoms with E-state index in [4.69, 9.17) is 22.3 Å². The third-order valence-corrected chi connectivity index (χ3v) is 3.97. The monoisotopic (exact) mass is 294 g/mol. The first kappa shape index (κ1) is 15.3. The smallest absolute Gasteiger partial charge is 0.160 e. The lowest BCUT2D eigenvalue weighted by atomic mass is 10.0. The van der Waals surface area contributed by atoms with E-state index in [0.29, 0.717) is 10.9 Å². The quantitative estimate of drug-likeness (QED) is 0.792. The molecule has 0 radical (unpaired) electrons. The molecule has 2 N–H and O–H groups in total. The van der Waals surface area contributed by atoms with Gasteiger partial charge in [-0.25, -0.2) is 9.97 Å². The Balaban J connectivity index is 2.44. The molecular weight excluding hydrogens is 272 g/mol. The molecule has 2 aromatic rings. The summed E-state index contributed by atoms with van der Waals surface area (Å²) < 4.78 is 2.25. The zero-order chi connectivity index (χ0) is 14.5. The van der Waals surface area contributed by atoms with Crippen LogP contribution in [-0.4, -0.2) is 21.1 Å². The Hall–Kier alpha value is -1.13. The summed E-state index contributed by atoms with van der Waals surface area (Å²) in [4.78, 5) is 9.25. The van der Waals surface area contributed by atoms with E-state index in [2.05, 4.69) is 23.4 Å². The van der Waals surface area contributed by atoms with E-state index < -0.39 is 0 Å². The van der Waals surface area contributed by atoms with Crippen molar-refractivity contribution in [1.29, 1.82) is 0 Å². The van der Waals surface area contributed by atoms with Gasteiger partial charge in [-0.2, -0.15) is 0 Å². The van der Waals surface area contributed by atoms with E-state index in [9.17, 15) is 0 Å². The Kier molecular flexibility index (Phi) is 5.38. The average molecular weight is 295 g/mol. The number of rotatable bonds is 7. The zero-order valence-electron chi connectivity index (χ0n) is 12.3. The van der Waals surface area contributed by atoms with Crippen molar-refractivity contribution in [3.8, 4) is 0 Å². The number of hydrogen-bond donors (Lipinski definition) is 1. The summed E-state index contributed by atoms with van der Waals surface area (Å²) >= 11 is 6.03. The molecule has 0 aliphatic rings. The number of fused-ring (bicyclic) bond motifs is 1. The van der Waals surface area contributed by atoms with Crippen LogP contribution in [0.1, 0.15) is 51.3 Å². The summed E-state index contributed by atoms with van der Waals surface area (Å²) in [7, 11) is 0. The molecule has 110 valence electrons. The molecule has 5 heteroatoms. The van der Waals surface area contributed by atoms with E-state index in [1.807, 2.05) is 6.07 Å². The third kappa shape index (κ3) is 3.13. The number of nitrogens with zero attached hydrogens (tertiary/aromatic N) is 3. The molecule has 0 fully saturated rings. The van der Waals surface area contributed by atoms with Crippen molar-refractivity contribution in [3.05, 3.63) is 23.1 Å². The summed E-state index contributed by atoms with van der Waals surface area (Å²) in [5, 5.41) is 0.639. The van der Waals surface area contributed by atoms with Gasteiger partial charge in [-0.1, -0.05) is 25.4 Å². The molecule has 2 heterocycles. The molecule has 0 aromatic carbocycles. The highest BCUT2D eigenvalue weighted by Crippen LogP contribution is 2.27. The van der Waals surface area contributed by atoms with E-state index in [1.54, 1.807) is 6.20 Å². The van der Waals surface area contributed by atoms with Gasteiger partial charge in [0.1, 0.15) is 11.3 Å². The summed E-state index contributed by atoms with van der Waals surface area (Å²) in [6.45, 7) is 6.07. The van der Waals surface area contributed by atoms with Crippen molar-refractivity contribution in [2.45, 2.75) is 52.0 Å². The number of unbranched alkanes of at least 4 members (excludes halogenated alkanes) is 1. The number of hydrogen-bond acceptors (Lipinski definition) is 3. The molecule has 0 amide bonds. The SMILES string of the molecule is CCC(CC)c1nc2cc(Cl)cnc2n1CCCCN. The maximum atomic E-state index is 6.03. The van der Waals surface area contributed by atoms with Gasteiger partial charge in [0.25, 0.3) is 0 Å². The van der Waals surface area contributed by atoms with Gasteiger partial charge in [0.2, 0.25) is 0 Å². The van der Waals surface area contributed by atoms with Gasteiger partial charge in [0, 0.05) is 18.7 Å². The van der Waals surface area contributed by atoms with Gasteiger partial charge in [-0.05, 0) is 38.3 Å². The van der Waals surface area contributed by atoms with E-state index in [-0.39, 0.29) is 0 Å². The lowest BCUT2D eigenvalue weighted by molar-refractivity contribution is 0.533. The molecule has 2 rings (SSSR count). The fourth-order valence-electron chi connectivity index (χ4n) is 2.60. The molecule has 0 saturated heterocycles. The Morgan fingerprint density at radius 1 is 1.30 bits per heavy atom. The molecule has 2 aromatic heterocycles. The number of imidazole rings is 1. The van der Waals surface area contributed by atoms with Gasteiger partial charge in [0.05, 0.1) is 5.02 Å². The fraction of sp³-hybridized carbons (Fsp3) is 0.600.